The van der Waals surface area contributed by atoms with Crippen LogP contribution in [0.5, 0.6) is 0 Å². The van der Waals surface area contributed by atoms with Gasteiger partial charge >= 0.3 is 0 Å². The molecular formula is C19H24N4O2. The second-order valence-electron chi connectivity index (χ2n) is 5.99. The van der Waals surface area contributed by atoms with Crippen LogP contribution in [0.3, 0.4) is 0 Å². The molecule has 0 aliphatic heterocycles. The normalized spacial score (nSPS) is 13.8. The lowest BCUT2D eigenvalue weighted by Crippen LogP contribution is -2.43. The third-order valence-electron chi connectivity index (χ3n) is 4.24. The predicted octanol–water partition coefficient (Wildman–Crippen LogP) is 3.45. The second kappa shape index (κ2) is 8.82. The zero-order chi connectivity index (χ0) is 18.2. The largest absolute Gasteiger partial charge is 0.353 e. The maximum atomic E-state index is 10.9. The van der Waals surface area contributed by atoms with E-state index in [0.717, 1.165) is 5.56 Å². The van der Waals surface area contributed by atoms with E-state index in [1.165, 1.54) is 11.6 Å². The summed E-state index contributed by atoms with van der Waals surface area (Å²) in [5.74, 6) is 0.986. The Hall–Kier alpha value is -2.89. The number of nitro groups is 1. The van der Waals surface area contributed by atoms with E-state index in [9.17, 15) is 10.1 Å². The predicted molar refractivity (Wildman–Crippen MR) is 101 cm³/mol. The molecule has 2 N–H and O–H groups in total. The van der Waals surface area contributed by atoms with E-state index in [-0.39, 0.29) is 16.7 Å². The smallest absolute Gasteiger partial charge is 0.269 e. The Kier molecular flexibility index (Phi) is 6.51. The fourth-order valence-electron chi connectivity index (χ4n) is 2.55. The standard InChI is InChI=1S/C19H24N4O2/c1-14(17-9-5-4-6-10-17)15(2)22-19(20-3)21-13-16-8-7-11-18(12-16)23(24)25/h4-12,14-15H,13H2,1-3H3,(H2,20,21,22). The zero-order valence-corrected chi connectivity index (χ0v) is 14.8. The lowest BCUT2D eigenvalue weighted by Gasteiger charge is -2.24. The van der Waals surface area contributed by atoms with Crippen molar-refractivity contribution < 1.29 is 4.92 Å². The molecule has 6 heteroatoms. The number of hydrogen-bond acceptors (Lipinski definition) is 3. The van der Waals surface area contributed by atoms with Crippen molar-refractivity contribution >= 4 is 11.6 Å². The minimum atomic E-state index is -0.389. The van der Waals surface area contributed by atoms with Gasteiger partial charge < -0.3 is 10.6 Å². The molecule has 2 atom stereocenters. The Labute approximate surface area is 148 Å². The lowest BCUT2D eigenvalue weighted by molar-refractivity contribution is -0.384. The Morgan fingerprint density at radius 2 is 1.88 bits per heavy atom. The number of hydrogen-bond donors (Lipinski definition) is 2. The van der Waals surface area contributed by atoms with Crippen molar-refractivity contribution in [2.24, 2.45) is 4.99 Å². The summed E-state index contributed by atoms with van der Waals surface area (Å²) in [6, 6.07) is 17.1. The van der Waals surface area contributed by atoms with Crippen LogP contribution in [0.4, 0.5) is 5.69 Å². The Morgan fingerprint density at radius 3 is 2.52 bits per heavy atom. The highest BCUT2D eigenvalue weighted by atomic mass is 16.6. The highest BCUT2D eigenvalue weighted by Crippen LogP contribution is 2.18. The molecule has 2 aromatic carbocycles. The molecule has 0 radical (unpaired) electrons. The molecule has 2 rings (SSSR count). The average Bonchev–Trinajstić information content (AvgIpc) is 2.65. The monoisotopic (exact) mass is 340 g/mol. The van der Waals surface area contributed by atoms with Crippen molar-refractivity contribution in [3.05, 3.63) is 75.8 Å². The summed E-state index contributed by atoms with van der Waals surface area (Å²) in [5.41, 5.74) is 2.19. The minimum absolute atomic E-state index is 0.0910. The highest BCUT2D eigenvalue weighted by Gasteiger charge is 2.15. The topological polar surface area (TPSA) is 79.6 Å². The van der Waals surface area contributed by atoms with E-state index < -0.39 is 0 Å². The maximum absolute atomic E-state index is 10.9. The van der Waals surface area contributed by atoms with E-state index in [4.69, 9.17) is 0 Å². The van der Waals surface area contributed by atoms with E-state index in [1.54, 1.807) is 19.2 Å². The molecule has 0 aliphatic carbocycles. The minimum Gasteiger partial charge on any atom is -0.353 e. The summed E-state index contributed by atoms with van der Waals surface area (Å²) >= 11 is 0. The van der Waals surface area contributed by atoms with Gasteiger partial charge in [-0.05, 0) is 18.1 Å². The van der Waals surface area contributed by atoms with Crippen LogP contribution < -0.4 is 10.6 Å². The molecule has 0 aliphatic rings. The first-order valence-electron chi connectivity index (χ1n) is 8.26. The van der Waals surface area contributed by atoms with Crippen molar-refractivity contribution in [1.82, 2.24) is 10.6 Å². The number of nitrogens with one attached hydrogen (secondary N) is 2. The van der Waals surface area contributed by atoms with Crippen LogP contribution in [0.1, 0.15) is 30.9 Å². The molecule has 0 spiro atoms. The second-order valence-corrected chi connectivity index (χ2v) is 5.99. The zero-order valence-electron chi connectivity index (χ0n) is 14.8. The van der Waals surface area contributed by atoms with Gasteiger partial charge in [0, 0.05) is 37.7 Å². The third kappa shape index (κ3) is 5.31. The molecule has 132 valence electrons. The van der Waals surface area contributed by atoms with Crippen LogP contribution in [0.2, 0.25) is 0 Å². The number of nitro benzene ring substituents is 1. The Morgan fingerprint density at radius 1 is 1.16 bits per heavy atom. The van der Waals surface area contributed by atoms with Gasteiger partial charge in [0.25, 0.3) is 5.69 Å². The fourth-order valence-corrected chi connectivity index (χ4v) is 2.55. The van der Waals surface area contributed by atoms with Gasteiger partial charge in [-0.3, -0.25) is 15.1 Å². The summed E-state index contributed by atoms with van der Waals surface area (Å²) in [7, 11) is 1.71. The fraction of sp³-hybridized carbons (Fsp3) is 0.316. The number of nitrogens with zero attached hydrogens (tertiary/aromatic N) is 2. The molecule has 0 heterocycles. The van der Waals surface area contributed by atoms with Crippen molar-refractivity contribution in [3.8, 4) is 0 Å². The third-order valence-corrected chi connectivity index (χ3v) is 4.24. The molecule has 0 fully saturated rings. The van der Waals surface area contributed by atoms with Gasteiger partial charge in [0.15, 0.2) is 5.96 Å². The van der Waals surface area contributed by atoms with Crippen molar-refractivity contribution in [1.29, 1.82) is 0 Å². The van der Waals surface area contributed by atoms with Crippen LogP contribution in [0, 0.1) is 10.1 Å². The van der Waals surface area contributed by atoms with Gasteiger partial charge in [-0.15, -0.1) is 0 Å². The number of rotatable bonds is 6. The van der Waals surface area contributed by atoms with Crippen LogP contribution in [-0.4, -0.2) is 24.0 Å². The van der Waals surface area contributed by atoms with Crippen LogP contribution in [0.25, 0.3) is 0 Å². The van der Waals surface area contributed by atoms with Gasteiger partial charge in [-0.1, -0.05) is 49.4 Å². The number of aliphatic imine (C=N–C) groups is 1. The summed E-state index contributed by atoms with van der Waals surface area (Å²) in [5, 5.41) is 17.4. The Balaban J connectivity index is 1.94. The molecule has 2 aromatic rings. The lowest BCUT2D eigenvalue weighted by atomic mass is 9.94. The molecule has 25 heavy (non-hydrogen) atoms. The van der Waals surface area contributed by atoms with Crippen LogP contribution in [0.15, 0.2) is 59.6 Å². The molecule has 2 unspecified atom stereocenters. The maximum Gasteiger partial charge on any atom is 0.269 e. The highest BCUT2D eigenvalue weighted by molar-refractivity contribution is 5.80. The van der Waals surface area contributed by atoms with E-state index in [2.05, 4.69) is 41.6 Å². The van der Waals surface area contributed by atoms with Crippen molar-refractivity contribution in [2.45, 2.75) is 32.4 Å². The molecule has 0 saturated carbocycles. The van der Waals surface area contributed by atoms with Gasteiger partial charge in [0.05, 0.1) is 4.92 Å². The number of benzene rings is 2. The summed E-state index contributed by atoms with van der Waals surface area (Å²) in [6.45, 7) is 4.74. The first kappa shape index (κ1) is 18.4. The van der Waals surface area contributed by atoms with E-state index in [0.29, 0.717) is 18.4 Å². The summed E-state index contributed by atoms with van der Waals surface area (Å²) in [6.07, 6.45) is 0. The average molecular weight is 340 g/mol. The first-order chi connectivity index (χ1) is 12.0. The first-order valence-corrected chi connectivity index (χ1v) is 8.26. The molecule has 6 nitrogen and oxygen atoms in total. The molecule has 0 bridgehead atoms. The number of non-ortho nitro benzene ring substituents is 1. The molecule has 0 aromatic heterocycles. The van der Waals surface area contributed by atoms with Crippen LogP contribution >= 0.6 is 0 Å². The van der Waals surface area contributed by atoms with Crippen LogP contribution in [-0.2, 0) is 6.54 Å². The summed E-state index contributed by atoms with van der Waals surface area (Å²) < 4.78 is 0. The molecule has 0 amide bonds. The van der Waals surface area contributed by atoms with Crippen molar-refractivity contribution in [3.63, 3.8) is 0 Å². The van der Waals surface area contributed by atoms with Crippen molar-refractivity contribution in [2.75, 3.05) is 7.05 Å². The Bertz CT molecular complexity index is 731. The SMILES string of the molecule is CN=C(NCc1cccc([N+](=O)[O-])c1)NC(C)C(C)c1ccccc1. The van der Waals surface area contributed by atoms with Gasteiger partial charge in [0.2, 0.25) is 0 Å². The summed E-state index contributed by atoms with van der Waals surface area (Å²) in [4.78, 5) is 14.7. The van der Waals surface area contributed by atoms with E-state index >= 15 is 0 Å². The van der Waals surface area contributed by atoms with Gasteiger partial charge in [0.1, 0.15) is 0 Å². The molecular weight excluding hydrogens is 316 g/mol. The quantitative estimate of drug-likeness (QED) is 0.365. The van der Waals surface area contributed by atoms with Gasteiger partial charge in [-0.2, -0.15) is 0 Å². The van der Waals surface area contributed by atoms with Gasteiger partial charge in [-0.25, -0.2) is 0 Å². The molecule has 0 saturated heterocycles. The number of guanidine groups is 1. The van der Waals surface area contributed by atoms with E-state index in [1.807, 2.05) is 24.3 Å².